The predicted octanol–water partition coefficient (Wildman–Crippen LogP) is 3.51. The molecule has 0 spiro atoms. The molecule has 1 unspecified atom stereocenters. The summed E-state index contributed by atoms with van der Waals surface area (Å²) in [5.41, 5.74) is 1.38. The SMILES string of the molecule is CCCC1(C(=O)Nc2cc(C)ccc2Cl)CCCN1. The summed E-state index contributed by atoms with van der Waals surface area (Å²) in [4.78, 5) is 12.6. The summed E-state index contributed by atoms with van der Waals surface area (Å²) in [6.45, 7) is 5.01. The van der Waals surface area contributed by atoms with Crippen molar-refractivity contribution in [2.24, 2.45) is 0 Å². The Bertz CT molecular complexity index is 467. The molecule has 19 heavy (non-hydrogen) atoms. The third kappa shape index (κ3) is 3.10. The number of benzene rings is 1. The van der Waals surface area contributed by atoms with Gasteiger partial charge < -0.3 is 10.6 Å². The molecule has 1 fully saturated rings. The number of nitrogens with one attached hydrogen (secondary N) is 2. The van der Waals surface area contributed by atoms with Crippen LogP contribution in [-0.2, 0) is 4.79 Å². The van der Waals surface area contributed by atoms with Gasteiger partial charge in [-0.15, -0.1) is 0 Å². The van der Waals surface area contributed by atoms with Crippen molar-refractivity contribution >= 4 is 23.2 Å². The van der Waals surface area contributed by atoms with Crippen LogP contribution in [0.15, 0.2) is 18.2 Å². The van der Waals surface area contributed by atoms with Gasteiger partial charge in [-0.3, -0.25) is 4.79 Å². The molecular weight excluding hydrogens is 260 g/mol. The van der Waals surface area contributed by atoms with Gasteiger partial charge in [0.2, 0.25) is 5.91 Å². The molecule has 2 rings (SSSR count). The Hall–Kier alpha value is -1.06. The Balaban J connectivity index is 2.17. The summed E-state index contributed by atoms with van der Waals surface area (Å²) in [6, 6.07) is 5.67. The van der Waals surface area contributed by atoms with E-state index in [0.29, 0.717) is 10.7 Å². The quantitative estimate of drug-likeness (QED) is 0.886. The van der Waals surface area contributed by atoms with Crippen LogP contribution in [0.4, 0.5) is 5.69 Å². The van der Waals surface area contributed by atoms with Crippen molar-refractivity contribution in [3.8, 4) is 0 Å². The molecular formula is C15H21ClN2O. The highest BCUT2D eigenvalue weighted by atomic mass is 35.5. The smallest absolute Gasteiger partial charge is 0.244 e. The molecule has 1 heterocycles. The maximum atomic E-state index is 12.6. The molecule has 0 aliphatic carbocycles. The van der Waals surface area contributed by atoms with E-state index in [4.69, 9.17) is 11.6 Å². The summed E-state index contributed by atoms with van der Waals surface area (Å²) in [6.07, 6.45) is 3.80. The molecule has 0 bridgehead atoms. The third-order valence-electron chi connectivity index (χ3n) is 3.73. The first-order valence-corrected chi connectivity index (χ1v) is 7.28. The fourth-order valence-corrected chi connectivity index (χ4v) is 2.90. The van der Waals surface area contributed by atoms with Gasteiger partial charge in [0, 0.05) is 0 Å². The molecule has 1 aliphatic heterocycles. The summed E-state index contributed by atoms with van der Waals surface area (Å²) in [5.74, 6) is 0.0411. The van der Waals surface area contributed by atoms with Gasteiger partial charge in [-0.1, -0.05) is 31.0 Å². The van der Waals surface area contributed by atoms with Crippen LogP contribution in [0.1, 0.15) is 38.2 Å². The lowest BCUT2D eigenvalue weighted by Crippen LogP contribution is -2.50. The number of halogens is 1. The normalized spacial score (nSPS) is 22.5. The Kier molecular flexibility index (Phi) is 4.48. The van der Waals surface area contributed by atoms with Crippen LogP contribution >= 0.6 is 11.6 Å². The monoisotopic (exact) mass is 280 g/mol. The van der Waals surface area contributed by atoms with Gasteiger partial charge in [0.05, 0.1) is 16.2 Å². The first-order chi connectivity index (χ1) is 9.07. The first-order valence-electron chi connectivity index (χ1n) is 6.90. The number of amides is 1. The summed E-state index contributed by atoms with van der Waals surface area (Å²) in [7, 11) is 0. The van der Waals surface area contributed by atoms with Crippen molar-refractivity contribution < 1.29 is 4.79 Å². The Morgan fingerprint density at radius 1 is 1.53 bits per heavy atom. The predicted molar refractivity (Wildman–Crippen MR) is 79.7 cm³/mol. The molecule has 0 aromatic heterocycles. The van der Waals surface area contributed by atoms with E-state index in [1.165, 1.54) is 0 Å². The third-order valence-corrected chi connectivity index (χ3v) is 4.05. The Morgan fingerprint density at radius 2 is 2.32 bits per heavy atom. The number of hydrogen-bond donors (Lipinski definition) is 2. The zero-order valence-electron chi connectivity index (χ0n) is 11.6. The van der Waals surface area contributed by atoms with E-state index in [1.54, 1.807) is 0 Å². The summed E-state index contributed by atoms with van der Waals surface area (Å²) < 4.78 is 0. The fraction of sp³-hybridized carbons (Fsp3) is 0.533. The van der Waals surface area contributed by atoms with Crippen LogP contribution in [0.2, 0.25) is 5.02 Å². The minimum Gasteiger partial charge on any atom is -0.323 e. The minimum atomic E-state index is -0.415. The van der Waals surface area contributed by atoms with Crippen molar-refractivity contribution in [1.82, 2.24) is 5.32 Å². The van der Waals surface area contributed by atoms with Crippen LogP contribution in [0.25, 0.3) is 0 Å². The van der Waals surface area contributed by atoms with E-state index in [9.17, 15) is 4.79 Å². The Morgan fingerprint density at radius 3 is 2.95 bits per heavy atom. The van der Waals surface area contributed by atoms with Crippen molar-refractivity contribution in [2.45, 2.75) is 45.1 Å². The van der Waals surface area contributed by atoms with Gasteiger partial charge in [-0.25, -0.2) is 0 Å². The van der Waals surface area contributed by atoms with E-state index in [2.05, 4.69) is 17.6 Å². The zero-order valence-corrected chi connectivity index (χ0v) is 12.3. The molecule has 0 saturated carbocycles. The van der Waals surface area contributed by atoms with Gasteiger partial charge >= 0.3 is 0 Å². The number of carbonyl (C=O) groups excluding carboxylic acids is 1. The second-order valence-corrected chi connectivity index (χ2v) is 5.71. The fourth-order valence-electron chi connectivity index (χ4n) is 2.73. The average molecular weight is 281 g/mol. The molecule has 1 aromatic rings. The number of hydrogen-bond acceptors (Lipinski definition) is 2. The molecule has 3 nitrogen and oxygen atoms in total. The first kappa shape index (κ1) is 14.4. The van der Waals surface area contributed by atoms with Crippen molar-refractivity contribution in [2.75, 3.05) is 11.9 Å². The van der Waals surface area contributed by atoms with Crippen molar-refractivity contribution in [3.05, 3.63) is 28.8 Å². The van der Waals surface area contributed by atoms with E-state index >= 15 is 0 Å². The second-order valence-electron chi connectivity index (χ2n) is 5.30. The zero-order chi connectivity index (χ0) is 13.9. The molecule has 1 saturated heterocycles. The lowest BCUT2D eigenvalue weighted by atomic mass is 9.90. The molecule has 1 atom stereocenters. The van der Waals surface area contributed by atoms with E-state index < -0.39 is 5.54 Å². The van der Waals surface area contributed by atoms with E-state index in [0.717, 1.165) is 37.8 Å². The highest BCUT2D eigenvalue weighted by Gasteiger charge is 2.40. The topological polar surface area (TPSA) is 41.1 Å². The number of anilines is 1. The van der Waals surface area contributed by atoms with Crippen LogP contribution in [-0.4, -0.2) is 18.0 Å². The molecule has 4 heteroatoms. The highest BCUT2D eigenvalue weighted by Crippen LogP contribution is 2.29. The lowest BCUT2D eigenvalue weighted by Gasteiger charge is -2.28. The van der Waals surface area contributed by atoms with Crippen molar-refractivity contribution in [1.29, 1.82) is 0 Å². The largest absolute Gasteiger partial charge is 0.323 e. The van der Waals surface area contributed by atoms with Crippen LogP contribution in [0, 0.1) is 6.92 Å². The number of aryl methyl sites for hydroxylation is 1. The molecule has 1 amide bonds. The summed E-state index contributed by atoms with van der Waals surface area (Å²) in [5, 5.41) is 6.94. The van der Waals surface area contributed by atoms with Gasteiger partial charge in [-0.2, -0.15) is 0 Å². The number of carbonyl (C=O) groups is 1. The van der Waals surface area contributed by atoms with Crippen molar-refractivity contribution in [3.63, 3.8) is 0 Å². The molecule has 1 aromatic carbocycles. The maximum Gasteiger partial charge on any atom is 0.244 e. The van der Waals surface area contributed by atoms with E-state index in [1.807, 2.05) is 25.1 Å². The molecule has 0 radical (unpaired) electrons. The van der Waals surface area contributed by atoms with Crippen LogP contribution in [0.3, 0.4) is 0 Å². The standard InChI is InChI=1S/C15H21ClN2O/c1-3-7-15(8-4-9-17-15)14(19)18-13-10-11(2)5-6-12(13)16/h5-6,10,17H,3-4,7-9H2,1-2H3,(H,18,19). The van der Waals surface area contributed by atoms with Crippen LogP contribution in [0.5, 0.6) is 0 Å². The molecule has 1 aliphatic rings. The average Bonchev–Trinajstić information content (AvgIpc) is 2.84. The van der Waals surface area contributed by atoms with Gasteiger partial charge in [-0.05, 0) is 50.4 Å². The van der Waals surface area contributed by atoms with Crippen LogP contribution < -0.4 is 10.6 Å². The molecule has 104 valence electrons. The Labute approximate surface area is 119 Å². The van der Waals surface area contributed by atoms with Gasteiger partial charge in [0.15, 0.2) is 0 Å². The highest BCUT2D eigenvalue weighted by molar-refractivity contribution is 6.33. The molecule has 2 N–H and O–H groups in total. The number of rotatable bonds is 4. The second kappa shape index (κ2) is 5.93. The van der Waals surface area contributed by atoms with Gasteiger partial charge in [0.1, 0.15) is 0 Å². The minimum absolute atomic E-state index is 0.0411. The van der Waals surface area contributed by atoms with Gasteiger partial charge in [0.25, 0.3) is 0 Å². The maximum absolute atomic E-state index is 12.6. The van der Waals surface area contributed by atoms with E-state index in [-0.39, 0.29) is 5.91 Å². The summed E-state index contributed by atoms with van der Waals surface area (Å²) >= 11 is 6.13. The lowest BCUT2D eigenvalue weighted by molar-refractivity contribution is -0.122.